The van der Waals surface area contributed by atoms with Gasteiger partial charge in [0.2, 0.25) is 0 Å². The molecule has 0 unspecified atom stereocenters. The van der Waals surface area contributed by atoms with Crippen LogP contribution in [0, 0.1) is 5.82 Å². The van der Waals surface area contributed by atoms with Crippen LogP contribution in [0.1, 0.15) is 29.7 Å². The Balaban J connectivity index is 1.92. The predicted molar refractivity (Wildman–Crippen MR) is 104 cm³/mol. The van der Waals surface area contributed by atoms with Crippen LogP contribution in [0.2, 0.25) is 5.02 Å². The maximum atomic E-state index is 14.5. The van der Waals surface area contributed by atoms with Crippen LogP contribution in [0.15, 0.2) is 47.5 Å². The molecule has 0 saturated heterocycles. The van der Waals surface area contributed by atoms with Gasteiger partial charge in [-0.3, -0.25) is 14.5 Å². The Morgan fingerprint density at radius 1 is 1.15 bits per heavy atom. The number of hydrogen-bond acceptors (Lipinski definition) is 4. The summed E-state index contributed by atoms with van der Waals surface area (Å²) in [6.07, 6.45) is 0. The van der Waals surface area contributed by atoms with E-state index in [1.807, 2.05) is 29.8 Å². The molecule has 138 valence electrons. The van der Waals surface area contributed by atoms with Crippen molar-refractivity contribution in [3.05, 3.63) is 76.1 Å². The standard InChI is InChI=1S/C20H19ClFN5/c1-3-26(2)12-19-25-24-18-11-23-20(14-6-4-5-7-16(14)22)15-10-13(21)8-9-17(15)27(18)19/h4-10H,3,11-12H2,1-2H3. The molecule has 0 aliphatic carbocycles. The van der Waals surface area contributed by atoms with Crippen LogP contribution in [0.4, 0.5) is 4.39 Å². The average Bonchev–Trinajstić information content (AvgIpc) is 2.98. The molecular weight excluding hydrogens is 365 g/mol. The van der Waals surface area contributed by atoms with E-state index in [0.29, 0.717) is 29.4 Å². The predicted octanol–water partition coefficient (Wildman–Crippen LogP) is 3.86. The van der Waals surface area contributed by atoms with Gasteiger partial charge in [0.05, 0.1) is 17.9 Å². The molecule has 2 aromatic carbocycles. The third kappa shape index (κ3) is 3.26. The molecule has 2 heterocycles. The number of rotatable bonds is 4. The minimum atomic E-state index is -0.314. The third-order valence-corrected chi connectivity index (χ3v) is 4.95. The van der Waals surface area contributed by atoms with Crippen LogP contribution in [-0.2, 0) is 13.1 Å². The van der Waals surface area contributed by atoms with Crippen LogP contribution in [-0.4, -0.2) is 39.0 Å². The molecule has 1 aliphatic rings. The van der Waals surface area contributed by atoms with Crippen LogP contribution in [0.3, 0.4) is 0 Å². The molecule has 0 radical (unpaired) electrons. The molecule has 7 heteroatoms. The lowest BCUT2D eigenvalue weighted by Crippen LogP contribution is -2.20. The van der Waals surface area contributed by atoms with Gasteiger partial charge >= 0.3 is 0 Å². The Hall–Kier alpha value is -2.57. The molecule has 0 bridgehead atoms. The van der Waals surface area contributed by atoms with Crippen molar-refractivity contribution >= 4 is 17.3 Å². The number of benzene rings is 2. The summed E-state index contributed by atoms with van der Waals surface area (Å²) < 4.78 is 16.5. The minimum absolute atomic E-state index is 0.314. The van der Waals surface area contributed by atoms with E-state index < -0.39 is 0 Å². The number of fused-ring (bicyclic) bond motifs is 3. The van der Waals surface area contributed by atoms with Crippen molar-refractivity contribution in [1.29, 1.82) is 0 Å². The molecule has 0 fully saturated rings. The monoisotopic (exact) mass is 383 g/mol. The smallest absolute Gasteiger partial charge is 0.159 e. The minimum Gasteiger partial charge on any atom is -0.299 e. The molecule has 1 aliphatic heterocycles. The summed E-state index contributed by atoms with van der Waals surface area (Å²) >= 11 is 6.27. The van der Waals surface area contributed by atoms with E-state index in [1.165, 1.54) is 6.07 Å². The highest BCUT2D eigenvalue weighted by Crippen LogP contribution is 2.29. The quantitative estimate of drug-likeness (QED) is 0.687. The lowest BCUT2D eigenvalue weighted by molar-refractivity contribution is 0.333. The number of nitrogens with zero attached hydrogens (tertiary/aromatic N) is 5. The van der Waals surface area contributed by atoms with Crippen LogP contribution in [0.25, 0.3) is 5.69 Å². The fourth-order valence-corrected chi connectivity index (χ4v) is 3.37. The summed E-state index contributed by atoms with van der Waals surface area (Å²) in [7, 11) is 2.03. The Morgan fingerprint density at radius 3 is 2.74 bits per heavy atom. The third-order valence-electron chi connectivity index (χ3n) is 4.71. The Kier molecular flexibility index (Phi) is 4.76. The zero-order chi connectivity index (χ0) is 19.0. The molecule has 0 amide bonds. The van der Waals surface area contributed by atoms with Gasteiger partial charge < -0.3 is 0 Å². The van der Waals surface area contributed by atoms with Crippen LogP contribution in [0.5, 0.6) is 0 Å². The van der Waals surface area contributed by atoms with E-state index >= 15 is 0 Å². The fraction of sp³-hybridized carbons (Fsp3) is 0.250. The van der Waals surface area contributed by atoms with Crippen molar-refractivity contribution in [1.82, 2.24) is 19.7 Å². The highest BCUT2D eigenvalue weighted by Gasteiger charge is 2.24. The lowest BCUT2D eigenvalue weighted by Gasteiger charge is -2.17. The van der Waals surface area contributed by atoms with E-state index in [9.17, 15) is 4.39 Å². The molecule has 0 saturated carbocycles. The van der Waals surface area contributed by atoms with Crippen molar-refractivity contribution in [3.63, 3.8) is 0 Å². The normalized spacial score (nSPS) is 13.1. The summed E-state index contributed by atoms with van der Waals surface area (Å²) in [5.41, 5.74) is 2.66. The van der Waals surface area contributed by atoms with Gasteiger partial charge in [0.15, 0.2) is 11.6 Å². The molecule has 1 aromatic heterocycles. The topological polar surface area (TPSA) is 46.3 Å². The molecule has 27 heavy (non-hydrogen) atoms. The van der Waals surface area contributed by atoms with Gasteiger partial charge in [-0.15, -0.1) is 10.2 Å². The first kappa shape index (κ1) is 17.8. The second kappa shape index (κ2) is 7.21. The lowest BCUT2D eigenvalue weighted by atomic mass is 10.00. The highest BCUT2D eigenvalue weighted by atomic mass is 35.5. The molecule has 0 N–H and O–H groups in total. The van der Waals surface area contributed by atoms with Gasteiger partial charge in [-0.2, -0.15) is 0 Å². The fourth-order valence-electron chi connectivity index (χ4n) is 3.20. The van der Waals surface area contributed by atoms with Crippen molar-refractivity contribution in [2.45, 2.75) is 20.0 Å². The first-order chi connectivity index (χ1) is 13.1. The number of hydrogen-bond donors (Lipinski definition) is 0. The van der Waals surface area contributed by atoms with Gasteiger partial charge in [0.1, 0.15) is 12.4 Å². The molecule has 3 aromatic rings. The van der Waals surface area contributed by atoms with Crippen molar-refractivity contribution in [3.8, 4) is 5.69 Å². The molecule has 5 nitrogen and oxygen atoms in total. The molecule has 0 spiro atoms. The maximum absolute atomic E-state index is 14.5. The van der Waals surface area contributed by atoms with Crippen LogP contribution < -0.4 is 0 Å². The second-order valence-electron chi connectivity index (χ2n) is 6.50. The summed E-state index contributed by atoms with van der Waals surface area (Å²) in [6.45, 7) is 3.96. The van der Waals surface area contributed by atoms with Gasteiger partial charge in [0, 0.05) is 16.1 Å². The second-order valence-corrected chi connectivity index (χ2v) is 6.94. The largest absolute Gasteiger partial charge is 0.299 e. The zero-order valence-corrected chi connectivity index (χ0v) is 15.9. The number of aliphatic imine (C=N–C) groups is 1. The molecular formula is C20H19ClFN5. The highest BCUT2D eigenvalue weighted by molar-refractivity contribution is 6.31. The summed E-state index contributed by atoms with van der Waals surface area (Å²) in [4.78, 5) is 6.82. The van der Waals surface area contributed by atoms with Crippen molar-refractivity contribution in [2.24, 2.45) is 4.99 Å². The Labute approximate surface area is 162 Å². The van der Waals surface area contributed by atoms with Gasteiger partial charge in [0.25, 0.3) is 0 Å². The van der Waals surface area contributed by atoms with E-state index in [1.54, 1.807) is 18.2 Å². The van der Waals surface area contributed by atoms with Gasteiger partial charge in [-0.25, -0.2) is 4.39 Å². The molecule has 4 rings (SSSR count). The zero-order valence-electron chi connectivity index (χ0n) is 15.2. The van der Waals surface area contributed by atoms with E-state index in [4.69, 9.17) is 11.6 Å². The van der Waals surface area contributed by atoms with E-state index in [0.717, 1.165) is 29.4 Å². The first-order valence-corrected chi connectivity index (χ1v) is 9.17. The van der Waals surface area contributed by atoms with Crippen LogP contribution >= 0.6 is 11.6 Å². The van der Waals surface area contributed by atoms with Gasteiger partial charge in [-0.1, -0.05) is 30.7 Å². The van der Waals surface area contributed by atoms with Crippen molar-refractivity contribution < 1.29 is 4.39 Å². The average molecular weight is 384 g/mol. The van der Waals surface area contributed by atoms with Gasteiger partial charge in [-0.05, 0) is 43.9 Å². The number of aromatic nitrogens is 3. The van der Waals surface area contributed by atoms with E-state index in [2.05, 4.69) is 27.0 Å². The first-order valence-electron chi connectivity index (χ1n) is 8.80. The SMILES string of the molecule is CCN(C)Cc1nnc2n1-c1ccc(Cl)cc1C(c1ccccc1F)=NC2. The maximum Gasteiger partial charge on any atom is 0.159 e. The molecule has 0 atom stereocenters. The summed E-state index contributed by atoms with van der Waals surface area (Å²) in [6, 6.07) is 12.2. The van der Waals surface area contributed by atoms with Crippen molar-refractivity contribution in [2.75, 3.05) is 13.6 Å². The summed E-state index contributed by atoms with van der Waals surface area (Å²) in [5, 5.41) is 9.26. The Bertz CT molecular complexity index is 1030. The summed E-state index contributed by atoms with van der Waals surface area (Å²) in [5.74, 6) is 1.23. The van der Waals surface area contributed by atoms with E-state index in [-0.39, 0.29) is 5.82 Å². The Morgan fingerprint density at radius 2 is 1.96 bits per heavy atom. The number of halogens is 2.